The summed E-state index contributed by atoms with van der Waals surface area (Å²) >= 11 is 8.90. The number of thiophene rings is 1. The molecule has 0 radical (unpaired) electrons. The average molecular weight is 401 g/mol. The van der Waals surface area contributed by atoms with Crippen molar-refractivity contribution in [2.24, 2.45) is 0 Å². The zero-order valence-corrected chi connectivity index (χ0v) is 15.8. The standard InChI is InChI=1S/C13H14ClN3OS2.2ClH/c1-8-6-17(5-4-15-8)13(18)9-7-19-12(16-9)10-2-3-11(14)20-10;;/h2-3,7-8,15H,4-6H2,1H3;2*1H. The van der Waals surface area contributed by atoms with E-state index in [1.165, 1.54) is 22.7 Å². The second kappa shape index (κ2) is 8.47. The second-order valence-corrected chi connectivity index (χ2v) is 7.32. The summed E-state index contributed by atoms with van der Waals surface area (Å²) < 4.78 is 0.735. The van der Waals surface area contributed by atoms with E-state index in [-0.39, 0.29) is 30.7 Å². The maximum absolute atomic E-state index is 12.4. The molecule has 0 aliphatic carbocycles. The summed E-state index contributed by atoms with van der Waals surface area (Å²) in [6.07, 6.45) is 0. The third-order valence-corrected chi connectivity index (χ3v) is 5.41. The van der Waals surface area contributed by atoms with E-state index in [1.54, 1.807) is 0 Å². The van der Waals surface area contributed by atoms with Crippen molar-refractivity contribution in [3.05, 3.63) is 27.5 Å². The Morgan fingerprint density at radius 2 is 2.23 bits per heavy atom. The van der Waals surface area contributed by atoms with Crippen molar-refractivity contribution >= 4 is 65.0 Å². The highest BCUT2D eigenvalue weighted by Gasteiger charge is 2.23. The van der Waals surface area contributed by atoms with Crippen molar-refractivity contribution in [2.45, 2.75) is 13.0 Å². The van der Waals surface area contributed by atoms with Crippen LogP contribution in [0.3, 0.4) is 0 Å². The van der Waals surface area contributed by atoms with Gasteiger partial charge in [-0.15, -0.1) is 47.5 Å². The number of amides is 1. The minimum atomic E-state index is 0. The molecule has 2 aromatic heterocycles. The summed E-state index contributed by atoms with van der Waals surface area (Å²) in [6, 6.07) is 4.12. The van der Waals surface area contributed by atoms with E-state index < -0.39 is 0 Å². The Hall–Kier alpha value is -0.370. The van der Waals surface area contributed by atoms with Crippen molar-refractivity contribution in [3.63, 3.8) is 0 Å². The number of piperazine rings is 1. The lowest BCUT2D eigenvalue weighted by molar-refractivity contribution is 0.0704. The van der Waals surface area contributed by atoms with Crippen LogP contribution in [0.15, 0.2) is 17.5 Å². The molecule has 0 bridgehead atoms. The molecule has 1 aliphatic heterocycles. The molecule has 2 aromatic rings. The van der Waals surface area contributed by atoms with Gasteiger partial charge in [-0.2, -0.15) is 0 Å². The molecule has 0 saturated carbocycles. The summed E-state index contributed by atoms with van der Waals surface area (Å²) in [5.41, 5.74) is 0.531. The van der Waals surface area contributed by atoms with E-state index in [1.807, 2.05) is 22.4 Å². The number of thiazole rings is 1. The summed E-state index contributed by atoms with van der Waals surface area (Å²) in [4.78, 5) is 19.7. The number of rotatable bonds is 2. The van der Waals surface area contributed by atoms with Crippen LogP contribution >= 0.6 is 59.1 Å². The second-order valence-electron chi connectivity index (χ2n) is 4.75. The van der Waals surface area contributed by atoms with Crippen molar-refractivity contribution in [2.75, 3.05) is 19.6 Å². The topological polar surface area (TPSA) is 45.2 Å². The summed E-state index contributed by atoms with van der Waals surface area (Å²) in [7, 11) is 0. The third-order valence-electron chi connectivity index (χ3n) is 3.16. The molecular formula is C13H16Cl3N3OS2. The molecule has 3 heterocycles. The first-order valence-electron chi connectivity index (χ1n) is 6.37. The van der Waals surface area contributed by atoms with E-state index in [0.717, 1.165) is 33.9 Å². The number of nitrogens with one attached hydrogen (secondary N) is 1. The van der Waals surface area contributed by atoms with Crippen LogP contribution in [0.5, 0.6) is 0 Å². The molecule has 1 saturated heterocycles. The number of hydrogen-bond acceptors (Lipinski definition) is 5. The molecule has 0 spiro atoms. The lowest BCUT2D eigenvalue weighted by Crippen LogP contribution is -2.51. The average Bonchev–Trinajstić information content (AvgIpc) is 3.06. The Kier molecular flexibility index (Phi) is 7.58. The highest BCUT2D eigenvalue weighted by atomic mass is 35.5. The number of hydrogen-bond donors (Lipinski definition) is 1. The van der Waals surface area contributed by atoms with Gasteiger partial charge in [-0.3, -0.25) is 4.79 Å². The molecule has 0 aromatic carbocycles. The maximum Gasteiger partial charge on any atom is 0.273 e. The number of aromatic nitrogens is 1. The van der Waals surface area contributed by atoms with Crippen LogP contribution in [-0.4, -0.2) is 41.5 Å². The Morgan fingerprint density at radius 1 is 1.45 bits per heavy atom. The fourth-order valence-corrected chi connectivity index (χ4v) is 4.10. The van der Waals surface area contributed by atoms with Crippen LogP contribution in [-0.2, 0) is 0 Å². The summed E-state index contributed by atoms with van der Waals surface area (Å²) in [5.74, 6) is 0.0171. The van der Waals surface area contributed by atoms with E-state index in [9.17, 15) is 4.79 Å². The minimum absolute atomic E-state index is 0. The van der Waals surface area contributed by atoms with Gasteiger partial charge in [-0.25, -0.2) is 4.98 Å². The molecule has 3 rings (SSSR count). The summed E-state index contributed by atoms with van der Waals surface area (Å²) in [5, 5.41) is 6.01. The van der Waals surface area contributed by atoms with Gasteiger partial charge in [-0.1, -0.05) is 11.6 Å². The summed E-state index contributed by atoms with van der Waals surface area (Å²) in [6.45, 7) is 4.39. The lowest BCUT2D eigenvalue weighted by Gasteiger charge is -2.31. The molecule has 1 atom stereocenters. The predicted octanol–water partition coefficient (Wildman–Crippen LogP) is 3.80. The molecule has 9 heteroatoms. The highest BCUT2D eigenvalue weighted by molar-refractivity contribution is 7.23. The van der Waals surface area contributed by atoms with Gasteiger partial charge in [0.15, 0.2) is 0 Å². The Morgan fingerprint density at radius 3 is 2.86 bits per heavy atom. The molecule has 22 heavy (non-hydrogen) atoms. The van der Waals surface area contributed by atoms with Crippen LogP contribution in [0, 0.1) is 0 Å². The normalized spacial score (nSPS) is 17.5. The molecule has 1 amide bonds. The Balaban J connectivity index is 0.00000121. The maximum atomic E-state index is 12.4. The van der Waals surface area contributed by atoms with Gasteiger partial charge in [0, 0.05) is 31.1 Å². The van der Waals surface area contributed by atoms with Crippen LogP contribution in [0.1, 0.15) is 17.4 Å². The van der Waals surface area contributed by atoms with Crippen molar-refractivity contribution in [1.29, 1.82) is 0 Å². The lowest BCUT2D eigenvalue weighted by atomic mass is 10.2. The molecule has 1 fully saturated rings. The predicted molar refractivity (Wildman–Crippen MR) is 98.3 cm³/mol. The first kappa shape index (κ1) is 19.7. The zero-order valence-electron chi connectivity index (χ0n) is 11.7. The zero-order chi connectivity index (χ0) is 14.1. The monoisotopic (exact) mass is 399 g/mol. The molecule has 1 N–H and O–H groups in total. The van der Waals surface area contributed by atoms with E-state index >= 15 is 0 Å². The first-order valence-corrected chi connectivity index (χ1v) is 8.45. The van der Waals surface area contributed by atoms with Crippen LogP contribution in [0.4, 0.5) is 0 Å². The Labute approximate surface area is 154 Å². The van der Waals surface area contributed by atoms with Crippen LogP contribution < -0.4 is 5.32 Å². The van der Waals surface area contributed by atoms with Crippen molar-refractivity contribution < 1.29 is 4.79 Å². The molecular weight excluding hydrogens is 385 g/mol. The fraction of sp³-hybridized carbons (Fsp3) is 0.385. The molecule has 4 nitrogen and oxygen atoms in total. The van der Waals surface area contributed by atoms with Gasteiger partial charge >= 0.3 is 0 Å². The van der Waals surface area contributed by atoms with Crippen LogP contribution in [0.25, 0.3) is 9.88 Å². The minimum Gasteiger partial charge on any atom is -0.334 e. The van der Waals surface area contributed by atoms with Gasteiger partial charge in [-0.05, 0) is 19.1 Å². The van der Waals surface area contributed by atoms with Gasteiger partial charge in [0.1, 0.15) is 10.7 Å². The van der Waals surface area contributed by atoms with E-state index in [0.29, 0.717) is 11.7 Å². The van der Waals surface area contributed by atoms with Gasteiger partial charge in [0.2, 0.25) is 0 Å². The molecule has 1 unspecified atom stereocenters. The van der Waals surface area contributed by atoms with Gasteiger partial charge < -0.3 is 10.2 Å². The van der Waals surface area contributed by atoms with Crippen LogP contribution in [0.2, 0.25) is 4.34 Å². The number of halogens is 3. The highest BCUT2D eigenvalue weighted by Crippen LogP contribution is 2.33. The first-order chi connectivity index (χ1) is 9.63. The number of carbonyl (C=O) groups excluding carboxylic acids is 1. The molecule has 1 aliphatic rings. The fourth-order valence-electron chi connectivity index (χ4n) is 2.19. The third kappa shape index (κ3) is 4.34. The van der Waals surface area contributed by atoms with Gasteiger partial charge in [0.25, 0.3) is 5.91 Å². The largest absolute Gasteiger partial charge is 0.334 e. The van der Waals surface area contributed by atoms with Crippen molar-refractivity contribution in [3.8, 4) is 9.88 Å². The quantitative estimate of drug-likeness (QED) is 0.834. The van der Waals surface area contributed by atoms with Gasteiger partial charge in [0.05, 0.1) is 9.21 Å². The van der Waals surface area contributed by atoms with E-state index in [2.05, 4.69) is 17.2 Å². The molecule has 122 valence electrons. The number of nitrogens with zero attached hydrogens (tertiary/aromatic N) is 2. The smallest absolute Gasteiger partial charge is 0.273 e. The van der Waals surface area contributed by atoms with Crippen molar-refractivity contribution in [1.82, 2.24) is 15.2 Å². The Bertz CT molecular complexity index is 632. The number of carbonyl (C=O) groups is 1. The van der Waals surface area contributed by atoms with E-state index in [4.69, 9.17) is 11.6 Å². The SMILES string of the molecule is CC1CN(C(=O)c2csc(-c3ccc(Cl)s3)n2)CCN1.Cl.Cl.